The van der Waals surface area contributed by atoms with Crippen LogP contribution in [-0.4, -0.2) is 7.11 Å². The molecule has 0 saturated carbocycles. The van der Waals surface area contributed by atoms with Crippen LogP contribution in [0.3, 0.4) is 0 Å². The number of hydrogen-bond donors (Lipinski definition) is 0. The smallest absolute Gasteiger partial charge is 0.246 e. The third kappa shape index (κ3) is 3.53. The number of hydrogen-bond acceptors (Lipinski definition) is 4. The molecule has 0 bridgehead atoms. The molecule has 2 aromatic rings. The Morgan fingerprint density at radius 2 is 1.39 bits per heavy atom. The second kappa shape index (κ2) is 6.06. The molecule has 0 atom stereocenters. The summed E-state index contributed by atoms with van der Waals surface area (Å²) in [5, 5.41) is 0. The molecule has 0 N–H and O–H groups in total. The fourth-order valence-electron chi connectivity index (χ4n) is 2.66. The zero-order chi connectivity index (χ0) is 17.6. The van der Waals surface area contributed by atoms with Crippen LogP contribution in [0.5, 0.6) is 5.75 Å². The molecule has 0 aliphatic rings. The van der Waals surface area contributed by atoms with Crippen LogP contribution in [0.4, 0.5) is 0 Å². The Bertz CT molecular complexity index is 733. The molecule has 1 aromatic carbocycles. The average Bonchev–Trinajstić information content (AvgIpc) is 2.75. The fraction of sp³-hybridized carbons (Fsp3) is 0.526. The highest BCUT2D eigenvalue weighted by Crippen LogP contribution is 2.43. The molecule has 0 unspecified atom stereocenters. The Morgan fingerprint density at radius 3 is 1.70 bits per heavy atom. The van der Waals surface area contributed by atoms with Crippen molar-refractivity contribution in [2.75, 3.05) is 7.11 Å². The lowest BCUT2D eigenvalue weighted by molar-refractivity contribution is 0.381. The molecule has 0 amide bonds. The van der Waals surface area contributed by atoms with E-state index in [1.165, 1.54) is 21.5 Å². The van der Waals surface area contributed by atoms with Crippen molar-refractivity contribution in [3.8, 4) is 16.2 Å². The lowest BCUT2D eigenvalue weighted by atomic mass is 9.78. The highest BCUT2D eigenvalue weighted by molar-refractivity contribution is 7.69. The molecular formula is C19H26O2S2. The quantitative estimate of drug-likeness (QED) is 0.645. The minimum absolute atomic E-state index is 0.0315. The Kier molecular flexibility index (Phi) is 4.80. The first-order chi connectivity index (χ1) is 10.5. The first-order valence-corrected chi connectivity index (χ1v) is 9.95. The molecular weight excluding hydrogens is 324 g/mol. The number of methoxy groups -OCH3 is 1. The summed E-state index contributed by atoms with van der Waals surface area (Å²) in [7, 11) is 4.63. The van der Waals surface area contributed by atoms with Crippen LogP contribution in [0.1, 0.15) is 58.2 Å². The molecule has 0 radical (unpaired) electrons. The summed E-state index contributed by atoms with van der Waals surface area (Å²) >= 11 is 0. The fourth-order valence-corrected chi connectivity index (χ4v) is 5.05. The van der Waals surface area contributed by atoms with E-state index in [1.54, 1.807) is 17.5 Å². The van der Waals surface area contributed by atoms with Crippen LogP contribution < -0.4 is 9.48 Å². The molecule has 0 fully saturated rings. The van der Waals surface area contributed by atoms with Crippen LogP contribution in [0, 0.1) is 6.92 Å². The number of rotatable bonds is 2. The van der Waals surface area contributed by atoms with Crippen LogP contribution in [0.15, 0.2) is 16.9 Å². The van der Waals surface area contributed by atoms with Crippen LogP contribution in [0.25, 0.3) is 10.4 Å². The standard InChI is InChI=1S/C19H26O2S2/c1-11-16(22-23-17(11)20)12-9-13(18(2,3)4)15(21-8)14(10-12)19(5,6)7/h9-10H,1-8H3. The lowest BCUT2D eigenvalue weighted by Gasteiger charge is -2.30. The maximum Gasteiger partial charge on any atom is 0.246 e. The minimum Gasteiger partial charge on any atom is -0.496 e. The van der Waals surface area contributed by atoms with Gasteiger partial charge in [0.25, 0.3) is 0 Å². The molecule has 23 heavy (non-hydrogen) atoms. The van der Waals surface area contributed by atoms with Gasteiger partial charge in [0.1, 0.15) is 5.75 Å². The monoisotopic (exact) mass is 350 g/mol. The van der Waals surface area contributed by atoms with E-state index in [0.717, 1.165) is 21.8 Å². The van der Waals surface area contributed by atoms with Crippen molar-refractivity contribution in [3.05, 3.63) is 38.4 Å². The van der Waals surface area contributed by atoms with Gasteiger partial charge < -0.3 is 4.74 Å². The third-order valence-corrected chi connectivity index (χ3v) is 6.47. The highest BCUT2D eigenvalue weighted by atomic mass is 32.9. The lowest BCUT2D eigenvalue weighted by Crippen LogP contribution is -2.19. The van der Waals surface area contributed by atoms with Crippen molar-refractivity contribution >= 4 is 20.7 Å². The van der Waals surface area contributed by atoms with Crippen molar-refractivity contribution < 1.29 is 4.74 Å². The molecule has 0 spiro atoms. The predicted octanol–water partition coefficient (Wildman–Crippen LogP) is 5.75. The van der Waals surface area contributed by atoms with E-state index in [-0.39, 0.29) is 15.6 Å². The predicted molar refractivity (Wildman–Crippen MR) is 103 cm³/mol. The molecule has 0 saturated heterocycles. The van der Waals surface area contributed by atoms with Crippen LogP contribution in [0.2, 0.25) is 0 Å². The van der Waals surface area contributed by atoms with Gasteiger partial charge in [-0.05, 0) is 45.8 Å². The van der Waals surface area contributed by atoms with Crippen molar-refractivity contribution in [2.45, 2.75) is 59.3 Å². The first-order valence-electron chi connectivity index (χ1n) is 7.80. The first kappa shape index (κ1) is 18.2. The van der Waals surface area contributed by atoms with Gasteiger partial charge in [-0.3, -0.25) is 4.79 Å². The summed E-state index contributed by atoms with van der Waals surface area (Å²) in [4.78, 5) is 13.0. The van der Waals surface area contributed by atoms with Gasteiger partial charge in [0.15, 0.2) is 0 Å². The zero-order valence-corrected chi connectivity index (χ0v) is 16.9. The van der Waals surface area contributed by atoms with Gasteiger partial charge >= 0.3 is 0 Å². The summed E-state index contributed by atoms with van der Waals surface area (Å²) in [5.74, 6) is 0.967. The summed E-state index contributed by atoms with van der Waals surface area (Å²) in [6.07, 6.45) is 0. The SMILES string of the molecule is COc1c(C(C)(C)C)cc(-c2ssc(=O)c2C)cc1C(C)(C)C. The molecule has 126 valence electrons. The normalized spacial score (nSPS) is 12.5. The van der Waals surface area contributed by atoms with Gasteiger partial charge in [0, 0.05) is 16.7 Å². The third-order valence-electron chi connectivity index (χ3n) is 4.02. The van der Waals surface area contributed by atoms with Gasteiger partial charge in [0.05, 0.1) is 12.0 Å². The van der Waals surface area contributed by atoms with Gasteiger partial charge in [0.2, 0.25) is 4.74 Å². The van der Waals surface area contributed by atoms with Crippen molar-refractivity contribution in [2.24, 2.45) is 0 Å². The second-order valence-corrected chi connectivity index (χ2v) is 10.1. The molecule has 0 aliphatic carbocycles. The minimum atomic E-state index is -0.0315. The number of ether oxygens (including phenoxy) is 1. The molecule has 2 rings (SSSR count). The van der Waals surface area contributed by atoms with Gasteiger partial charge in [-0.15, -0.1) is 0 Å². The summed E-state index contributed by atoms with van der Waals surface area (Å²) < 4.78 is 5.96. The van der Waals surface area contributed by atoms with E-state index >= 15 is 0 Å². The number of benzene rings is 1. The van der Waals surface area contributed by atoms with Crippen LogP contribution >= 0.6 is 20.7 Å². The van der Waals surface area contributed by atoms with E-state index in [9.17, 15) is 4.79 Å². The Balaban J connectivity index is 2.86. The maximum absolute atomic E-state index is 11.9. The molecule has 1 aromatic heterocycles. The molecule has 1 heterocycles. The van der Waals surface area contributed by atoms with E-state index in [4.69, 9.17) is 4.74 Å². The maximum atomic E-state index is 11.9. The Labute approximate surface area is 146 Å². The van der Waals surface area contributed by atoms with Gasteiger partial charge in [-0.1, -0.05) is 51.9 Å². The Hall–Kier alpha value is -1.13. The molecule has 4 heteroatoms. The topological polar surface area (TPSA) is 26.3 Å². The van der Waals surface area contributed by atoms with E-state index < -0.39 is 0 Å². The average molecular weight is 351 g/mol. The van der Waals surface area contributed by atoms with Gasteiger partial charge in [-0.25, -0.2) is 0 Å². The summed E-state index contributed by atoms with van der Waals surface area (Å²) in [6.45, 7) is 15.1. The summed E-state index contributed by atoms with van der Waals surface area (Å²) in [5.41, 5.74) is 4.29. The van der Waals surface area contributed by atoms with E-state index in [1.807, 2.05) is 6.92 Å². The Morgan fingerprint density at radius 1 is 0.913 bits per heavy atom. The largest absolute Gasteiger partial charge is 0.496 e. The van der Waals surface area contributed by atoms with Crippen LogP contribution in [-0.2, 0) is 10.8 Å². The van der Waals surface area contributed by atoms with E-state index in [0.29, 0.717) is 0 Å². The molecule has 2 nitrogen and oxygen atoms in total. The highest BCUT2D eigenvalue weighted by Gasteiger charge is 2.28. The summed E-state index contributed by atoms with van der Waals surface area (Å²) in [6, 6.07) is 4.39. The molecule has 0 aliphatic heterocycles. The van der Waals surface area contributed by atoms with Crippen molar-refractivity contribution in [1.82, 2.24) is 0 Å². The van der Waals surface area contributed by atoms with Crippen molar-refractivity contribution in [3.63, 3.8) is 0 Å². The van der Waals surface area contributed by atoms with E-state index in [2.05, 4.69) is 53.7 Å². The zero-order valence-electron chi connectivity index (χ0n) is 15.3. The van der Waals surface area contributed by atoms with Crippen molar-refractivity contribution in [1.29, 1.82) is 0 Å². The van der Waals surface area contributed by atoms with Gasteiger partial charge in [-0.2, -0.15) is 0 Å². The second-order valence-electron chi connectivity index (χ2n) is 8.01.